The molecular formula is C21H20CuO6. The number of allylic oxidation sites excluding steroid dienone is 2. The molecule has 0 saturated carbocycles. The van der Waals surface area contributed by atoms with E-state index in [4.69, 9.17) is 9.47 Å². The summed E-state index contributed by atoms with van der Waals surface area (Å²) in [6.45, 7) is 0. The maximum absolute atomic E-state index is 11.9. The predicted octanol–water partition coefficient (Wildman–Crippen LogP) is 3.37. The number of hydrogen-bond donors (Lipinski definition) is 2. The molecule has 0 saturated heterocycles. The Bertz CT molecular complexity index is 828. The number of benzene rings is 2. The molecule has 0 aliphatic carbocycles. The molecule has 0 bridgehead atoms. The van der Waals surface area contributed by atoms with Gasteiger partial charge in [0.25, 0.3) is 0 Å². The first-order valence-corrected chi connectivity index (χ1v) is 8.08. The van der Waals surface area contributed by atoms with Gasteiger partial charge in [-0.3, -0.25) is 9.59 Å². The van der Waals surface area contributed by atoms with Crippen LogP contribution in [0, 0.1) is 0 Å². The molecule has 2 aromatic carbocycles. The molecule has 28 heavy (non-hydrogen) atoms. The molecule has 2 rings (SSSR count). The fraction of sp³-hybridized carbons (Fsp3) is 0.143. The Hall–Kier alpha value is -3.02. The summed E-state index contributed by atoms with van der Waals surface area (Å²) in [4.78, 5) is 23.9. The van der Waals surface area contributed by atoms with Gasteiger partial charge in [0.05, 0.1) is 20.6 Å². The minimum Gasteiger partial charge on any atom is -0.504 e. The molecular weight excluding hydrogens is 412 g/mol. The van der Waals surface area contributed by atoms with Crippen LogP contribution in [0.15, 0.2) is 48.6 Å². The number of carbonyl (C=O) groups excluding carboxylic acids is 2. The maximum Gasteiger partial charge on any atom is 0.163 e. The number of rotatable bonds is 8. The zero-order valence-electron chi connectivity index (χ0n) is 15.3. The minimum atomic E-state index is -0.347. The van der Waals surface area contributed by atoms with Crippen molar-refractivity contribution in [3.05, 3.63) is 59.7 Å². The summed E-state index contributed by atoms with van der Waals surface area (Å²) >= 11 is 0. The predicted molar refractivity (Wildman–Crippen MR) is 102 cm³/mol. The molecule has 151 valence electrons. The van der Waals surface area contributed by atoms with Crippen LogP contribution in [-0.4, -0.2) is 36.0 Å². The standard InChI is InChI=1S/C21H20O6.Cu/c1-26-20-11-14(5-9-18(20)24)3-7-16(22)13-17(23)8-4-15-6-10-19(25)21(12-15)27-2;/h3-12,24-25H,13H2,1-2H3;/b7-3+,8-4+;. The third kappa shape index (κ3) is 6.61. The topological polar surface area (TPSA) is 93.1 Å². The molecule has 0 unspecified atom stereocenters. The van der Waals surface area contributed by atoms with Crippen LogP contribution in [0.3, 0.4) is 0 Å². The van der Waals surface area contributed by atoms with Crippen LogP contribution in [0.1, 0.15) is 17.5 Å². The van der Waals surface area contributed by atoms with Crippen molar-refractivity contribution >= 4 is 23.7 Å². The number of phenolic OH excluding ortho intramolecular Hbond substituents is 2. The summed E-state index contributed by atoms with van der Waals surface area (Å²) in [5.74, 6) is -0.0832. The van der Waals surface area contributed by atoms with Crippen molar-refractivity contribution < 1.29 is 46.3 Å². The Morgan fingerprint density at radius 1 is 0.821 bits per heavy atom. The van der Waals surface area contributed by atoms with Gasteiger partial charge in [-0.2, -0.15) is 0 Å². The quantitative estimate of drug-likeness (QED) is 0.378. The number of ether oxygens (including phenoxy) is 2. The Morgan fingerprint density at radius 3 is 1.57 bits per heavy atom. The average molecular weight is 432 g/mol. The van der Waals surface area contributed by atoms with Crippen molar-refractivity contribution in [2.45, 2.75) is 6.42 Å². The smallest absolute Gasteiger partial charge is 0.163 e. The van der Waals surface area contributed by atoms with Crippen LogP contribution in [0.25, 0.3) is 12.2 Å². The van der Waals surface area contributed by atoms with Crippen molar-refractivity contribution in [2.75, 3.05) is 14.2 Å². The van der Waals surface area contributed by atoms with E-state index in [0.29, 0.717) is 22.6 Å². The molecule has 0 aliphatic rings. The van der Waals surface area contributed by atoms with Crippen LogP contribution in [0.5, 0.6) is 23.0 Å². The van der Waals surface area contributed by atoms with Crippen molar-refractivity contribution in [1.82, 2.24) is 0 Å². The van der Waals surface area contributed by atoms with E-state index >= 15 is 0 Å². The first-order valence-electron chi connectivity index (χ1n) is 8.08. The number of aromatic hydroxyl groups is 2. The summed E-state index contributed by atoms with van der Waals surface area (Å²) in [5, 5.41) is 19.1. The summed E-state index contributed by atoms with van der Waals surface area (Å²) in [6, 6.07) is 9.34. The van der Waals surface area contributed by atoms with E-state index in [9.17, 15) is 19.8 Å². The van der Waals surface area contributed by atoms with Gasteiger partial charge in [0, 0.05) is 17.1 Å². The zero-order valence-corrected chi connectivity index (χ0v) is 16.3. The zero-order chi connectivity index (χ0) is 19.8. The first kappa shape index (κ1) is 23.0. The van der Waals surface area contributed by atoms with E-state index in [1.807, 2.05) is 0 Å². The van der Waals surface area contributed by atoms with Crippen LogP contribution >= 0.6 is 0 Å². The van der Waals surface area contributed by atoms with Gasteiger partial charge in [-0.15, -0.1) is 0 Å². The number of hydrogen-bond acceptors (Lipinski definition) is 6. The maximum atomic E-state index is 11.9. The van der Waals surface area contributed by atoms with E-state index in [1.165, 1.54) is 38.5 Å². The van der Waals surface area contributed by atoms with E-state index < -0.39 is 0 Å². The Balaban J connectivity index is 0.00000392. The van der Waals surface area contributed by atoms with Crippen LogP contribution in [0.4, 0.5) is 0 Å². The van der Waals surface area contributed by atoms with E-state index in [0.717, 1.165) is 0 Å². The Labute approximate surface area is 173 Å². The molecule has 6 nitrogen and oxygen atoms in total. The third-order valence-corrected chi connectivity index (χ3v) is 3.68. The van der Waals surface area contributed by atoms with Crippen molar-refractivity contribution in [3.63, 3.8) is 0 Å². The number of methoxy groups -OCH3 is 2. The summed E-state index contributed by atoms with van der Waals surface area (Å²) in [6.07, 6.45) is 5.44. The number of ketones is 2. The molecule has 0 heterocycles. The van der Waals surface area contributed by atoms with Gasteiger partial charge in [-0.1, -0.05) is 24.3 Å². The molecule has 0 fully saturated rings. The van der Waals surface area contributed by atoms with Gasteiger partial charge >= 0.3 is 0 Å². The normalized spacial score (nSPS) is 10.6. The SMILES string of the molecule is COc1cc(/C=C/C(=O)CC(=O)/C=C/c2ccc(O)c(OC)c2)ccc1O.[Cu]. The summed E-state index contributed by atoms with van der Waals surface area (Å²) < 4.78 is 10.00. The molecule has 0 atom stereocenters. The Kier molecular flexibility index (Phi) is 9.02. The van der Waals surface area contributed by atoms with Crippen molar-refractivity contribution in [2.24, 2.45) is 0 Å². The monoisotopic (exact) mass is 431 g/mol. The first-order chi connectivity index (χ1) is 12.9. The minimum absolute atomic E-state index is 0. The van der Waals surface area contributed by atoms with Crippen LogP contribution in [0.2, 0.25) is 0 Å². The van der Waals surface area contributed by atoms with Crippen molar-refractivity contribution in [3.8, 4) is 23.0 Å². The van der Waals surface area contributed by atoms with E-state index in [1.54, 1.807) is 36.4 Å². The molecule has 0 aliphatic heterocycles. The number of carbonyl (C=O) groups is 2. The van der Waals surface area contributed by atoms with Gasteiger partial charge in [0.1, 0.15) is 0 Å². The largest absolute Gasteiger partial charge is 0.504 e. The summed E-state index contributed by atoms with van der Waals surface area (Å²) in [7, 11) is 2.87. The molecule has 0 spiro atoms. The summed E-state index contributed by atoms with van der Waals surface area (Å²) in [5.41, 5.74) is 1.33. The molecule has 2 aromatic rings. The fourth-order valence-electron chi connectivity index (χ4n) is 2.26. The third-order valence-electron chi connectivity index (χ3n) is 3.68. The van der Waals surface area contributed by atoms with Gasteiger partial charge in [0.15, 0.2) is 34.6 Å². The van der Waals surface area contributed by atoms with Gasteiger partial charge in [0.2, 0.25) is 0 Å². The fourth-order valence-corrected chi connectivity index (χ4v) is 2.26. The molecule has 0 amide bonds. The van der Waals surface area contributed by atoms with E-state index in [-0.39, 0.29) is 46.6 Å². The molecule has 1 radical (unpaired) electrons. The average Bonchev–Trinajstić information content (AvgIpc) is 2.66. The second-order valence-electron chi connectivity index (χ2n) is 5.64. The van der Waals surface area contributed by atoms with Crippen LogP contribution in [-0.2, 0) is 26.7 Å². The molecule has 2 N–H and O–H groups in total. The van der Waals surface area contributed by atoms with E-state index in [2.05, 4.69) is 0 Å². The van der Waals surface area contributed by atoms with Crippen LogP contribution < -0.4 is 9.47 Å². The number of phenols is 2. The van der Waals surface area contributed by atoms with Crippen molar-refractivity contribution in [1.29, 1.82) is 0 Å². The molecule has 7 heteroatoms. The van der Waals surface area contributed by atoms with Gasteiger partial charge in [-0.25, -0.2) is 0 Å². The second kappa shape index (κ2) is 11.0. The molecule has 0 aromatic heterocycles. The van der Waals surface area contributed by atoms with Gasteiger partial charge < -0.3 is 19.7 Å². The van der Waals surface area contributed by atoms with Gasteiger partial charge in [-0.05, 0) is 47.5 Å². The second-order valence-corrected chi connectivity index (χ2v) is 5.64. The Morgan fingerprint density at radius 2 is 1.21 bits per heavy atom.